The van der Waals surface area contributed by atoms with Crippen LogP contribution >= 0.6 is 0 Å². The zero-order chi connectivity index (χ0) is 13.1. The van der Waals surface area contributed by atoms with Crippen molar-refractivity contribution < 1.29 is 4.74 Å². The maximum Gasteiger partial charge on any atom is 0.161 e. The lowest BCUT2D eigenvalue weighted by Gasteiger charge is -2.08. The quantitative estimate of drug-likeness (QED) is 0.899. The first-order valence-corrected chi connectivity index (χ1v) is 5.80. The maximum atomic E-state index is 5.88. The van der Waals surface area contributed by atoms with Gasteiger partial charge in [0.25, 0.3) is 0 Å². The van der Waals surface area contributed by atoms with Crippen molar-refractivity contribution in [1.29, 1.82) is 0 Å². The van der Waals surface area contributed by atoms with E-state index < -0.39 is 0 Å². The molecule has 0 fully saturated rings. The molecule has 1 aromatic carbocycles. The average Bonchev–Trinajstić information content (AvgIpc) is 2.36. The molecule has 0 amide bonds. The van der Waals surface area contributed by atoms with Crippen LogP contribution < -0.4 is 5.73 Å². The van der Waals surface area contributed by atoms with Crippen molar-refractivity contribution in [2.24, 2.45) is 0 Å². The van der Waals surface area contributed by atoms with E-state index in [2.05, 4.69) is 9.97 Å². The first kappa shape index (κ1) is 12.5. The molecule has 1 heterocycles. The smallest absolute Gasteiger partial charge is 0.161 e. The van der Waals surface area contributed by atoms with Gasteiger partial charge >= 0.3 is 0 Å². The van der Waals surface area contributed by atoms with Gasteiger partial charge < -0.3 is 10.5 Å². The van der Waals surface area contributed by atoms with Crippen LogP contribution in [0, 0.1) is 13.8 Å². The minimum atomic E-state index is 0.537. The highest BCUT2D eigenvalue weighted by Gasteiger charge is 2.07. The van der Waals surface area contributed by atoms with Crippen molar-refractivity contribution in [2.75, 3.05) is 12.8 Å². The summed E-state index contributed by atoms with van der Waals surface area (Å²) in [5.41, 5.74) is 9.78. The fourth-order valence-electron chi connectivity index (χ4n) is 1.75. The third-order valence-corrected chi connectivity index (χ3v) is 2.92. The van der Waals surface area contributed by atoms with Crippen LogP contribution in [0.25, 0.3) is 11.4 Å². The summed E-state index contributed by atoms with van der Waals surface area (Å²) < 4.78 is 5.12. The number of rotatable bonds is 3. The molecule has 18 heavy (non-hydrogen) atoms. The molecule has 1 aromatic heterocycles. The number of nitrogens with zero attached hydrogens (tertiary/aromatic N) is 2. The Morgan fingerprint density at radius 1 is 1.22 bits per heavy atom. The van der Waals surface area contributed by atoms with Crippen LogP contribution in [0.2, 0.25) is 0 Å². The normalized spacial score (nSPS) is 10.6. The number of hydrogen-bond acceptors (Lipinski definition) is 4. The van der Waals surface area contributed by atoms with Crippen molar-refractivity contribution in [3.8, 4) is 11.4 Å². The van der Waals surface area contributed by atoms with Gasteiger partial charge in [0.05, 0.1) is 6.61 Å². The first-order chi connectivity index (χ1) is 8.61. The SMILES string of the molecule is COCc1cccc(-c2nc(C)c(C)c(N)n2)c1. The lowest BCUT2D eigenvalue weighted by Crippen LogP contribution is -2.02. The van der Waals surface area contributed by atoms with E-state index in [4.69, 9.17) is 10.5 Å². The molecule has 0 aliphatic rings. The summed E-state index contributed by atoms with van der Waals surface area (Å²) in [5.74, 6) is 1.20. The molecule has 4 nitrogen and oxygen atoms in total. The molecule has 94 valence electrons. The number of hydrogen-bond donors (Lipinski definition) is 1. The number of nitrogens with two attached hydrogens (primary N) is 1. The van der Waals surface area contributed by atoms with Crippen molar-refractivity contribution in [3.05, 3.63) is 41.1 Å². The van der Waals surface area contributed by atoms with E-state index in [0.29, 0.717) is 18.2 Å². The van der Waals surface area contributed by atoms with Crippen LogP contribution in [-0.4, -0.2) is 17.1 Å². The molecule has 0 radical (unpaired) electrons. The van der Waals surface area contributed by atoms with E-state index in [0.717, 1.165) is 22.4 Å². The molecular weight excluding hydrogens is 226 g/mol. The van der Waals surface area contributed by atoms with Crippen LogP contribution in [0.4, 0.5) is 5.82 Å². The molecule has 2 N–H and O–H groups in total. The van der Waals surface area contributed by atoms with Gasteiger partial charge in [0.15, 0.2) is 5.82 Å². The molecule has 0 aliphatic carbocycles. The lowest BCUT2D eigenvalue weighted by atomic mass is 10.1. The van der Waals surface area contributed by atoms with Gasteiger partial charge in [-0.1, -0.05) is 18.2 Å². The molecular formula is C14H17N3O. The van der Waals surface area contributed by atoms with Gasteiger partial charge in [-0.25, -0.2) is 9.97 Å². The predicted molar refractivity (Wildman–Crippen MR) is 72.1 cm³/mol. The Morgan fingerprint density at radius 3 is 2.67 bits per heavy atom. The second-order valence-electron chi connectivity index (χ2n) is 4.28. The van der Waals surface area contributed by atoms with Crippen molar-refractivity contribution in [1.82, 2.24) is 9.97 Å². The van der Waals surface area contributed by atoms with Gasteiger partial charge in [-0.05, 0) is 25.5 Å². The van der Waals surface area contributed by atoms with E-state index in [1.54, 1.807) is 7.11 Å². The summed E-state index contributed by atoms with van der Waals surface area (Å²) in [7, 11) is 1.68. The molecule has 0 saturated carbocycles. The number of benzene rings is 1. The molecule has 0 saturated heterocycles. The Bertz CT molecular complexity index is 544. The van der Waals surface area contributed by atoms with Gasteiger partial charge in [-0.15, -0.1) is 0 Å². The molecule has 0 unspecified atom stereocenters. The Balaban J connectivity index is 2.45. The van der Waals surface area contributed by atoms with Gasteiger partial charge in [-0.2, -0.15) is 0 Å². The van der Waals surface area contributed by atoms with Crippen LogP contribution in [0.5, 0.6) is 0 Å². The zero-order valence-corrected chi connectivity index (χ0v) is 10.9. The van der Waals surface area contributed by atoms with E-state index in [9.17, 15) is 0 Å². The summed E-state index contributed by atoms with van der Waals surface area (Å²) in [6.45, 7) is 4.44. The molecule has 2 rings (SSSR count). The molecule has 0 atom stereocenters. The Morgan fingerprint density at radius 2 is 2.00 bits per heavy atom. The summed E-state index contributed by atoms with van der Waals surface area (Å²) >= 11 is 0. The largest absolute Gasteiger partial charge is 0.383 e. The number of aromatic nitrogens is 2. The molecule has 0 aliphatic heterocycles. The van der Waals surface area contributed by atoms with Crippen LogP contribution in [0.15, 0.2) is 24.3 Å². The van der Waals surface area contributed by atoms with Gasteiger partial charge in [0.2, 0.25) is 0 Å². The maximum absolute atomic E-state index is 5.88. The monoisotopic (exact) mass is 243 g/mol. The second kappa shape index (κ2) is 5.14. The number of aryl methyl sites for hydroxylation is 1. The van der Waals surface area contributed by atoms with E-state index in [1.807, 2.05) is 38.1 Å². The third kappa shape index (κ3) is 2.49. The van der Waals surface area contributed by atoms with Crippen LogP contribution in [-0.2, 0) is 11.3 Å². The Kier molecular flexibility index (Phi) is 3.58. The zero-order valence-electron chi connectivity index (χ0n) is 10.9. The number of anilines is 1. The second-order valence-corrected chi connectivity index (χ2v) is 4.28. The minimum Gasteiger partial charge on any atom is -0.383 e. The molecule has 4 heteroatoms. The Labute approximate surface area is 107 Å². The number of ether oxygens (including phenoxy) is 1. The summed E-state index contributed by atoms with van der Waals surface area (Å²) in [4.78, 5) is 8.80. The van der Waals surface area contributed by atoms with E-state index >= 15 is 0 Å². The summed E-state index contributed by atoms with van der Waals surface area (Å²) in [5, 5.41) is 0. The average molecular weight is 243 g/mol. The molecule has 0 bridgehead atoms. The van der Waals surface area contributed by atoms with Gasteiger partial charge in [0, 0.05) is 23.9 Å². The van der Waals surface area contributed by atoms with Gasteiger partial charge in [-0.3, -0.25) is 0 Å². The van der Waals surface area contributed by atoms with E-state index in [-0.39, 0.29) is 0 Å². The third-order valence-electron chi connectivity index (χ3n) is 2.92. The number of methoxy groups -OCH3 is 1. The van der Waals surface area contributed by atoms with Crippen molar-refractivity contribution >= 4 is 5.82 Å². The summed E-state index contributed by atoms with van der Waals surface area (Å²) in [6.07, 6.45) is 0. The van der Waals surface area contributed by atoms with Crippen LogP contribution in [0.1, 0.15) is 16.8 Å². The van der Waals surface area contributed by atoms with Crippen molar-refractivity contribution in [2.45, 2.75) is 20.5 Å². The highest BCUT2D eigenvalue weighted by molar-refractivity contribution is 5.59. The summed E-state index contributed by atoms with van der Waals surface area (Å²) in [6, 6.07) is 7.98. The fraction of sp³-hybridized carbons (Fsp3) is 0.286. The standard InChI is InChI=1S/C14H17N3O/c1-9-10(2)16-14(17-13(9)15)12-6-4-5-11(7-12)8-18-3/h4-7H,8H2,1-3H3,(H2,15,16,17). The van der Waals surface area contributed by atoms with Crippen LogP contribution in [0.3, 0.4) is 0 Å². The minimum absolute atomic E-state index is 0.537. The first-order valence-electron chi connectivity index (χ1n) is 5.80. The van der Waals surface area contributed by atoms with Gasteiger partial charge in [0.1, 0.15) is 5.82 Å². The highest BCUT2D eigenvalue weighted by Crippen LogP contribution is 2.20. The van der Waals surface area contributed by atoms with Crippen molar-refractivity contribution in [3.63, 3.8) is 0 Å². The van der Waals surface area contributed by atoms with E-state index in [1.165, 1.54) is 0 Å². The molecule has 0 spiro atoms. The number of nitrogen functional groups attached to an aromatic ring is 1. The Hall–Kier alpha value is -1.94. The highest BCUT2D eigenvalue weighted by atomic mass is 16.5. The topological polar surface area (TPSA) is 61.0 Å². The lowest BCUT2D eigenvalue weighted by molar-refractivity contribution is 0.185. The fourth-order valence-corrected chi connectivity index (χ4v) is 1.75. The predicted octanol–water partition coefficient (Wildman–Crippen LogP) is 2.49. The molecule has 2 aromatic rings.